The Morgan fingerprint density at radius 3 is 2.65 bits per heavy atom. The first-order chi connectivity index (χ1) is 8.11. The Hall–Kier alpha value is -0.420. The lowest BCUT2D eigenvalue weighted by atomic mass is 10.1. The van der Waals surface area contributed by atoms with Crippen molar-refractivity contribution in [2.45, 2.75) is 6.04 Å². The van der Waals surface area contributed by atoms with Crippen molar-refractivity contribution < 1.29 is 4.39 Å². The first kappa shape index (κ1) is 13.0. The first-order valence-electron chi connectivity index (χ1n) is 4.99. The molecule has 0 amide bonds. The van der Waals surface area contributed by atoms with Crippen LogP contribution in [-0.4, -0.2) is 7.05 Å². The zero-order valence-electron chi connectivity index (χ0n) is 9.01. The number of benzene rings is 1. The minimum Gasteiger partial charge on any atom is -0.309 e. The Morgan fingerprint density at radius 2 is 2.12 bits per heavy atom. The fourth-order valence-corrected chi connectivity index (χ4v) is 3.19. The molecule has 0 aliphatic heterocycles. The third-order valence-electron chi connectivity index (χ3n) is 2.44. The molecule has 0 fully saturated rings. The van der Waals surface area contributed by atoms with Crippen LogP contribution in [0.15, 0.2) is 34.8 Å². The van der Waals surface area contributed by atoms with Gasteiger partial charge in [-0.3, -0.25) is 0 Å². The van der Waals surface area contributed by atoms with E-state index in [1.165, 1.54) is 17.4 Å². The molecule has 0 radical (unpaired) electrons. The summed E-state index contributed by atoms with van der Waals surface area (Å²) < 4.78 is 15.3. The quantitative estimate of drug-likeness (QED) is 0.864. The average molecular weight is 335 g/mol. The summed E-state index contributed by atoms with van der Waals surface area (Å²) in [6.45, 7) is 0. The molecule has 1 unspecified atom stereocenters. The van der Waals surface area contributed by atoms with Crippen molar-refractivity contribution in [3.63, 3.8) is 0 Å². The van der Waals surface area contributed by atoms with Crippen molar-refractivity contribution >= 4 is 38.9 Å². The maximum Gasteiger partial charge on any atom is 0.129 e. The fourth-order valence-electron chi connectivity index (χ4n) is 1.67. The topological polar surface area (TPSA) is 12.0 Å². The minimum atomic E-state index is -0.233. The van der Waals surface area contributed by atoms with Crippen LogP contribution in [0.1, 0.15) is 16.5 Å². The van der Waals surface area contributed by atoms with Gasteiger partial charge in [-0.15, -0.1) is 11.3 Å². The summed E-state index contributed by atoms with van der Waals surface area (Å²) in [5.41, 5.74) is 0.620. The molecule has 1 heterocycles. The van der Waals surface area contributed by atoms with E-state index in [1.54, 1.807) is 13.1 Å². The van der Waals surface area contributed by atoms with Crippen LogP contribution in [0, 0.1) is 5.82 Å². The van der Waals surface area contributed by atoms with Gasteiger partial charge in [0.15, 0.2) is 0 Å². The summed E-state index contributed by atoms with van der Waals surface area (Å²) in [7, 11) is 1.81. The number of hydrogen-bond acceptors (Lipinski definition) is 2. The Kier molecular flexibility index (Phi) is 4.20. The summed E-state index contributed by atoms with van der Waals surface area (Å²) >= 11 is 10.6. The standard InChI is InChI=1S/C12H10BrClFNS/c1-16-12(10-4-5-11(14)17-10)8-3-2-7(13)6-9(8)15/h2-6,12,16H,1H3. The smallest absolute Gasteiger partial charge is 0.129 e. The van der Waals surface area contributed by atoms with Crippen molar-refractivity contribution in [1.29, 1.82) is 0 Å². The van der Waals surface area contributed by atoms with Gasteiger partial charge in [-0.05, 0) is 31.3 Å². The highest BCUT2D eigenvalue weighted by Crippen LogP contribution is 2.32. The maximum atomic E-state index is 13.9. The normalized spacial score (nSPS) is 12.7. The summed E-state index contributed by atoms with van der Waals surface area (Å²) in [6.07, 6.45) is 0. The maximum absolute atomic E-state index is 13.9. The average Bonchev–Trinajstić information content (AvgIpc) is 2.69. The van der Waals surface area contributed by atoms with Gasteiger partial charge in [-0.2, -0.15) is 0 Å². The Morgan fingerprint density at radius 1 is 1.35 bits per heavy atom. The van der Waals surface area contributed by atoms with Gasteiger partial charge < -0.3 is 5.32 Å². The third kappa shape index (κ3) is 2.88. The molecule has 2 aromatic rings. The molecule has 1 N–H and O–H groups in total. The van der Waals surface area contributed by atoms with Crippen molar-refractivity contribution in [2.75, 3.05) is 7.05 Å². The van der Waals surface area contributed by atoms with Crippen LogP contribution in [0.3, 0.4) is 0 Å². The molecule has 0 saturated carbocycles. The van der Waals surface area contributed by atoms with E-state index < -0.39 is 0 Å². The summed E-state index contributed by atoms with van der Waals surface area (Å²) in [5.74, 6) is -0.233. The van der Waals surface area contributed by atoms with E-state index in [0.717, 1.165) is 9.35 Å². The van der Waals surface area contributed by atoms with E-state index in [9.17, 15) is 4.39 Å². The van der Waals surface area contributed by atoms with E-state index in [1.807, 2.05) is 18.2 Å². The zero-order chi connectivity index (χ0) is 12.4. The van der Waals surface area contributed by atoms with E-state index in [2.05, 4.69) is 21.2 Å². The summed E-state index contributed by atoms with van der Waals surface area (Å²) in [4.78, 5) is 0.999. The zero-order valence-corrected chi connectivity index (χ0v) is 12.2. The molecule has 1 aromatic heterocycles. The molecule has 0 aliphatic carbocycles. The Bertz CT molecular complexity index is 529. The molecule has 1 aromatic carbocycles. The van der Waals surface area contributed by atoms with Crippen molar-refractivity contribution in [3.05, 3.63) is 55.4 Å². The second kappa shape index (κ2) is 5.48. The molecule has 0 saturated heterocycles. The second-order valence-corrected chi connectivity index (χ2v) is 6.19. The van der Waals surface area contributed by atoms with Gasteiger partial charge in [-0.25, -0.2) is 4.39 Å². The number of rotatable bonds is 3. The molecular formula is C12H10BrClFNS. The molecular weight excluding hydrogens is 325 g/mol. The number of hydrogen-bond donors (Lipinski definition) is 1. The Balaban J connectivity index is 2.42. The van der Waals surface area contributed by atoms with E-state index in [4.69, 9.17) is 11.6 Å². The van der Waals surface area contributed by atoms with Gasteiger partial charge in [0.05, 0.1) is 10.4 Å². The molecule has 1 atom stereocenters. The van der Waals surface area contributed by atoms with Crippen LogP contribution in [0.25, 0.3) is 0 Å². The van der Waals surface area contributed by atoms with Gasteiger partial charge in [0.2, 0.25) is 0 Å². The molecule has 0 bridgehead atoms. The van der Waals surface area contributed by atoms with Crippen LogP contribution < -0.4 is 5.32 Å². The van der Waals surface area contributed by atoms with Crippen molar-refractivity contribution in [3.8, 4) is 0 Å². The molecule has 0 aliphatic rings. The largest absolute Gasteiger partial charge is 0.309 e. The lowest BCUT2D eigenvalue weighted by Gasteiger charge is -2.15. The minimum absolute atomic E-state index is 0.166. The Labute approximate surface area is 117 Å². The van der Waals surface area contributed by atoms with Crippen LogP contribution >= 0.6 is 38.9 Å². The lowest BCUT2D eigenvalue weighted by Crippen LogP contribution is -2.17. The highest BCUT2D eigenvalue weighted by molar-refractivity contribution is 9.10. The van der Waals surface area contributed by atoms with E-state index in [-0.39, 0.29) is 11.9 Å². The molecule has 5 heteroatoms. The molecule has 2 rings (SSSR count). The summed E-state index contributed by atoms with van der Waals surface area (Å²) in [6, 6.07) is 8.64. The highest BCUT2D eigenvalue weighted by atomic mass is 79.9. The van der Waals surface area contributed by atoms with Crippen LogP contribution in [-0.2, 0) is 0 Å². The van der Waals surface area contributed by atoms with Crippen LogP contribution in [0.5, 0.6) is 0 Å². The number of nitrogens with one attached hydrogen (secondary N) is 1. The van der Waals surface area contributed by atoms with Gasteiger partial charge in [0.25, 0.3) is 0 Å². The van der Waals surface area contributed by atoms with E-state index >= 15 is 0 Å². The fraction of sp³-hybridized carbons (Fsp3) is 0.167. The first-order valence-corrected chi connectivity index (χ1v) is 6.98. The van der Waals surface area contributed by atoms with E-state index in [0.29, 0.717) is 9.90 Å². The molecule has 1 nitrogen and oxygen atoms in total. The van der Waals surface area contributed by atoms with Crippen LogP contribution in [0.2, 0.25) is 4.34 Å². The van der Waals surface area contributed by atoms with Crippen molar-refractivity contribution in [1.82, 2.24) is 5.32 Å². The van der Waals surface area contributed by atoms with Crippen molar-refractivity contribution in [2.24, 2.45) is 0 Å². The van der Waals surface area contributed by atoms with Gasteiger partial charge >= 0.3 is 0 Å². The summed E-state index contributed by atoms with van der Waals surface area (Å²) in [5, 5.41) is 3.10. The lowest BCUT2D eigenvalue weighted by molar-refractivity contribution is 0.578. The molecule has 17 heavy (non-hydrogen) atoms. The number of thiophene rings is 1. The van der Waals surface area contributed by atoms with Gasteiger partial charge in [-0.1, -0.05) is 33.6 Å². The predicted molar refractivity (Wildman–Crippen MR) is 74.3 cm³/mol. The SMILES string of the molecule is CNC(c1ccc(Cl)s1)c1ccc(Br)cc1F. The monoisotopic (exact) mass is 333 g/mol. The van der Waals surface area contributed by atoms with Gasteiger partial charge in [0, 0.05) is 14.9 Å². The van der Waals surface area contributed by atoms with Gasteiger partial charge in [0.1, 0.15) is 5.82 Å². The predicted octanol–water partition coefficient (Wildman–Crippen LogP) is 4.61. The van der Waals surface area contributed by atoms with Crippen LogP contribution in [0.4, 0.5) is 4.39 Å². The molecule has 0 spiro atoms. The number of halogens is 3. The second-order valence-electron chi connectivity index (χ2n) is 3.53. The third-order valence-corrected chi connectivity index (χ3v) is 4.23. The highest BCUT2D eigenvalue weighted by Gasteiger charge is 2.17. The molecule has 90 valence electrons.